The Labute approximate surface area is 160 Å². The summed E-state index contributed by atoms with van der Waals surface area (Å²) >= 11 is 3.97. The van der Waals surface area contributed by atoms with E-state index in [4.69, 9.17) is 14.4 Å². The topological polar surface area (TPSA) is 63.2 Å². The van der Waals surface area contributed by atoms with E-state index in [0.717, 1.165) is 0 Å². The van der Waals surface area contributed by atoms with Crippen LogP contribution in [0, 0.1) is 0 Å². The molecule has 0 fully saturated rings. The Morgan fingerprint density at radius 3 is 1.38 bits per heavy atom. The Hall–Kier alpha value is 4.75. The van der Waals surface area contributed by atoms with Gasteiger partial charge in [-0.25, -0.2) is 0 Å². The van der Waals surface area contributed by atoms with Crippen LogP contribution in [0.4, 0.5) is 0 Å². The summed E-state index contributed by atoms with van der Waals surface area (Å²) in [5, 5.41) is 0. The summed E-state index contributed by atoms with van der Waals surface area (Å²) in [6.45, 7) is -4.67. The molecule has 0 amide bonds. The van der Waals surface area contributed by atoms with Crippen LogP contribution in [-0.4, -0.2) is 132 Å². The molecular weight excluding hydrogens is 379 g/mol. The van der Waals surface area contributed by atoms with Crippen molar-refractivity contribution in [1.29, 1.82) is 0 Å². The molecule has 0 atom stereocenters. The van der Waals surface area contributed by atoms with Gasteiger partial charge in [0.05, 0.1) is 0 Å². The SMILES string of the molecule is O=P([O-])([O-])Cl.[Ba+2].[Ca+2].[Sr+2]. The van der Waals surface area contributed by atoms with Crippen molar-refractivity contribution in [3.63, 3.8) is 0 Å². The molecule has 32 valence electrons. The van der Waals surface area contributed by atoms with Gasteiger partial charge in [-0.2, -0.15) is 0 Å². The van der Waals surface area contributed by atoms with Gasteiger partial charge >= 0.3 is 132 Å². The molecule has 0 spiro atoms. The Bertz CT molecular complexity index is 65.4. The molecule has 3 nitrogen and oxygen atoms in total. The molecule has 0 aromatic carbocycles. The van der Waals surface area contributed by atoms with Crippen LogP contribution in [0.15, 0.2) is 0 Å². The number of rotatable bonds is 0. The Kier molecular flexibility index (Phi) is 33.8. The third kappa shape index (κ3) is 45.3. The molecule has 0 saturated heterocycles. The molecule has 0 aromatic heterocycles. The fourth-order valence-electron chi connectivity index (χ4n) is 0. The van der Waals surface area contributed by atoms with Gasteiger partial charge in [0.2, 0.25) is 0 Å². The maximum atomic E-state index is 8.87. The van der Waals surface area contributed by atoms with Gasteiger partial charge in [-0.1, -0.05) is 11.2 Å². The molecule has 0 bridgehead atoms. The second-order valence-corrected chi connectivity index (χ2v) is 2.53. The van der Waals surface area contributed by atoms with Gasteiger partial charge in [-0.15, -0.1) is 0 Å². The van der Waals surface area contributed by atoms with Gasteiger partial charge < -0.3 is 14.4 Å². The van der Waals surface area contributed by atoms with Gasteiger partial charge in [0, 0.05) is 6.95 Å². The molecule has 0 N–H and O–H groups in total. The molecule has 8 heavy (non-hydrogen) atoms. The minimum absolute atomic E-state index is 0. The summed E-state index contributed by atoms with van der Waals surface area (Å²) in [5.74, 6) is 0. The first kappa shape index (κ1) is 23.0. The molecule has 0 aromatic rings. The van der Waals surface area contributed by atoms with Crippen LogP contribution in [0.5, 0.6) is 0 Å². The molecule has 0 saturated carbocycles. The average Bonchev–Trinajstić information content (AvgIpc) is 0.722. The van der Waals surface area contributed by atoms with E-state index >= 15 is 0 Å². The fourth-order valence-corrected chi connectivity index (χ4v) is 0. The number of halogens is 1. The van der Waals surface area contributed by atoms with Crippen LogP contribution in [0.2, 0.25) is 0 Å². The Morgan fingerprint density at radius 1 is 1.38 bits per heavy atom. The second kappa shape index (κ2) is 11.8. The van der Waals surface area contributed by atoms with Crippen molar-refractivity contribution in [3.05, 3.63) is 0 Å². The van der Waals surface area contributed by atoms with Crippen LogP contribution in [0.25, 0.3) is 0 Å². The van der Waals surface area contributed by atoms with Crippen LogP contribution in [-0.2, 0) is 4.57 Å². The van der Waals surface area contributed by atoms with E-state index in [2.05, 4.69) is 11.2 Å². The van der Waals surface area contributed by atoms with Crippen molar-refractivity contribution in [2.45, 2.75) is 0 Å². The van der Waals surface area contributed by atoms with E-state index in [1.165, 1.54) is 0 Å². The molecule has 0 aliphatic carbocycles. The predicted molar refractivity (Wildman–Crippen MR) is 30.7 cm³/mol. The zero-order valence-corrected chi connectivity index (χ0v) is 15.9. The van der Waals surface area contributed by atoms with Gasteiger partial charge in [0.25, 0.3) is 0 Å². The molecule has 0 aliphatic rings. The largest absolute Gasteiger partial charge is 2.00 e. The number of hydrogen-bond donors (Lipinski definition) is 0. The van der Waals surface area contributed by atoms with Crippen molar-refractivity contribution in [3.8, 4) is 0 Å². The summed E-state index contributed by atoms with van der Waals surface area (Å²) in [4.78, 5) is 17.7. The average molecular weight is 379 g/mol. The van der Waals surface area contributed by atoms with E-state index in [1.807, 2.05) is 0 Å². The van der Waals surface area contributed by atoms with Gasteiger partial charge in [0.1, 0.15) is 0 Å². The summed E-state index contributed by atoms with van der Waals surface area (Å²) in [7, 11) is 0. The monoisotopic (exact) mass is 380 g/mol. The van der Waals surface area contributed by atoms with E-state index in [1.54, 1.807) is 0 Å². The summed E-state index contributed by atoms with van der Waals surface area (Å²) in [6, 6.07) is 0. The van der Waals surface area contributed by atoms with Crippen molar-refractivity contribution < 1.29 is 14.4 Å². The molecule has 0 heterocycles. The smallest absolute Gasteiger partial charge is 0.799 e. The van der Waals surface area contributed by atoms with Crippen molar-refractivity contribution in [1.82, 2.24) is 0 Å². The second-order valence-electron chi connectivity index (χ2n) is 0.431. The van der Waals surface area contributed by atoms with E-state index in [9.17, 15) is 0 Å². The molecule has 0 aliphatic heterocycles. The first-order valence-electron chi connectivity index (χ1n) is 0.717. The van der Waals surface area contributed by atoms with Crippen LogP contribution >= 0.6 is 18.2 Å². The zero-order chi connectivity index (χ0) is 4.50. The Balaban J connectivity index is -0.0000000267. The van der Waals surface area contributed by atoms with Crippen molar-refractivity contribution in [2.75, 3.05) is 0 Å². The van der Waals surface area contributed by atoms with E-state index in [-0.39, 0.29) is 132 Å². The number of hydrogen-bond acceptors (Lipinski definition) is 3. The third-order valence-corrected chi connectivity index (χ3v) is 0. The first-order valence-corrected chi connectivity index (χ1v) is 3.16. The van der Waals surface area contributed by atoms with Gasteiger partial charge in [-0.05, 0) is 0 Å². The summed E-state index contributed by atoms with van der Waals surface area (Å²) < 4.78 is 8.87. The minimum Gasteiger partial charge on any atom is -0.799 e. The molecule has 0 rings (SSSR count). The van der Waals surface area contributed by atoms with E-state index in [0.29, 0.717) is 0 Å². The Morgan fingerprint density at radius 2 is 1.38 bits per heavy atom. The maximum Gasteiger partial charge on any atom is 2.00 e. The first-order chi connectivity index (χ1) is 2.00. The fraction of sp³-hybridized carbons (Fsp3) is 0. The van der Waals surface area contributed by atoms with E-state index < -0.39 is 6.95 Å². The van der Waals surface area contributed by atoms with Gasteiger partial charge in [-0.3, -0.25) is 0 Å². The minimum atomic E-state index is -4.67. The molecule has 0 radical (unpaired) electrons. The predicted octanol–water partition coefficient (Wildman–Crippen LogP) is -2.09. The standard InChI is InChI=1S/Ba.Ca.ClH2O3P.Sr/c;;1-5(2,3)4;/h;;(H2,2,3,4);/q2*+2;;+2/p-2. The van der Waals surface area contributed by atoms with Crippen LogP contribution in [0.1, 0.15) is 0 Å². The quantitative estimate of drug-likeness (QED) is 0.358. The molecular formula is BaCaClO3PSr+4. The van der Waals surface area contributed by atoms with Gasteiger partial charge in [0.15, 0.2) is 0 Å². The van der Waals surface area contributed by atoms with Crippen LogP contribution < -0.4 is 9.79 Å². The summed E-state index contributed by atoms with van der Waals surface area (Å²) in [6.07, 6.45) is 0. The van der Waals surface area contributed by atoms with Crippen LogP contribution in [0.3, 0.4) is 0 Å². The maximum absolute atomic E-state index is 8.87. The summed E-state index contributed by atoms with van der Waals surface area (Å²) in [5.41, 5.74) is 0. The normalized spacial score (nSPS) is 7.38. The molecule has 0 unspecified atom stereocenters. The molecule has 8 heteroatoms. The van der Waals surface area contributed by atoms with Crippen molar-refractivity contribution in [2.24, 2.45) is 0 Å². The van der Waals surface area contributed by atoms with Crippen molar-refractivity contribution >= 4 is 150 Å². The zero-order valence-electron chi connectivity index (χ0n) is 4.17. The third-order valence-electron chi connectivity index (χ3n) is 0.